The highest BCUT2D eigenvalue weighted by Gasteiger charge is 2.15. The Kier molecular flexibility index (Phi) is 6.29. The molecule has 1 atom stereocenters. The molecule has 1 aromatic carbocycles. The summed E-state index contributed by atoms with van der Waals surface area (Å²) in [6, 6.07) is 9.43. The minimum Gasteiger partial charge on any atom is -0.396 e. The van der Waals surface area contributed by atoms with Crippen LogP contribution in [-0.4, -0.2) is 27.8 Å². The average Bonchev–Trinajstić information content (AvgIpc) is 3.03. The van der Waals surface area contributed by atoms with Crippen molar-refractivity contribution in [2.75, 3.05) is 6.61 Å². The van der Waals surface area contributed by atoms with Gasteiger partial charge in [0.25, 0.3) is 0 Å². The molecule has 2 rings (SSSR count). The SMILES string of the molecule is CC(C)c1noc(CCC(=O)NC(CCO)c2ccccc2)n1. The predicted octanol–water partition coefficient (Wildman–Crippen LogP) is 2.37. The fourth-order valence-corrected chi connectivity index (χ4v) is 2.23. The van der Waals surface area contributed by atoms with Crippen molar-refractivity contribution in [3.8, 4) is 0 Å². The van der Waals surface area contributed by atoms with Gasteiger partial charge in [-0.05, 0) is 12.0 Å². The van der Waals surface area contributed by atoms with E-state index in [1.165, 1.54) is 0 Å². The van der Waals surface area contributed by atoms with Gasteiger partial charge in [-0.25, -0.2) is 0 Å². The zero-order valence-corrected chi connectivity index (χ0v) is 13.5. The number of rotatable bonds is 8. The topological polar surface area (TPSA) is 88.2 Å². The largest absolute Gasteiger partial charge is 0.396 e. The number of carbonyl (C=O) groups excluding carboxylic acids is 1. The summed E-state index contributed by atoms with van der Waals surface area (Å²) in [5, 5.41) is 16.0. The minimum atomic E-state index is -0.192. The molecule has 23 heavy (non-hydrogen) atoms. The molecule has 0 spiro atoms. The van der Waals surface area contributed by atoms with Gasteiger partial charge in [-0.1, -0.05) is 49.3 Å². The Balaban J connectivity index is 1.89. The second-order valence-corrected chi connectivity index (χ2v) is 5.74. The molecule has 0 radical (unpaired) electrons. The van der Waals surface area contributed by atoms with Crippen LogP contribution >= 0.6 is 0 Å². The Morgan fingerprint density at radius 2 is 2.04 bits per heavy atom. The van der Waals surface area contributed by atoms with Crippen molar-refractivity contribution in [2.45, 2.75) is 45.1 Å². The third-order valence-electron chi connectivity index (χ3n) is 3.52. The Hall–Kier alpha value is -2.21. The first-order valence-corrected chi connectivity index (χ1v) is 7.87. The molecule has 1 amide bonds. The second-order valence-electron chi connectivity index (χ2n) is 5.74. The van der Waals surface area contributed by atoms with E-state index in [4.69, 9.17) is 4.52 Å². The Morgan fingerprint density at radius 3 is 2.65 bits per heavy atom. The number of benzene rings is 1. The van der Waals surface area contributed by atoms with Crippen LogP contribution < -0.4 is 5.32 Å². The molecule has 1 unspecified atom stereocenters. The van der Waals surface area contributed by atoms with Crippen molar-refractivity contribution in [2.24, 2.45) is 0 Å². The van der Waals surface area contributed by atoms with Crippen LogP contribution in [-0.2, 0) is 11.2 Å². The lowest BCUT2D eigenvalue weighted by atomic mass is 10.0. The summed E-state index contributed by atoms with van der Waals surface area (Å²) in [7, 11) is 0. The maximum Gasteiger partial charge on any atom is 0.227 e. The molecular formula is C17H23N3O3. The van der Waals surface area contributed by atoms with Gasteiger partial charge in [0.1, 0.15) is 0 Å². The fourth-order valence-electron chi connectivity index (χ4n) is 2.23. The molecule has 0 bridgehead atoms. The van der Waals surface area contributed by atoms with E-state index in [1.54, 1.807) is 0 Å². The van der Waals surface area contributed by atoms with E-state index in [2.05, 4.69) is 15.5 Å². The summed E-state index contributed by atoms with van der Waals surface area (Å²) in [4.78, 5) is 16.4. The molecule has 0 aliphatic carbocycles. The zero-order valence-electron chi connectivity index (χ0n) is 13.5. The van der Waals surface area contributed by atoms with Crippen molar-refractivity contribution in [1.82, 2.24) is 15.5 Å². The van der Waals surface area contributed by atoms with Crippen LogP contribution in [0.1, 0.15) is 55.9 Å². The molecule has 0 saturated carbocycles. The van der Waals surface area contributed by atoms with Gasteiger partial charge in [0, 0.05) is 25.4 Å². The highest BCUT2D eigenvalue weighted by atomic mass is 16.5. The van der Waals surface area contributed by atoms with Crippen LogP contribution in [0.3, 0.4) is 0 Å². The summed E-state index contributed by atoms with van der Waals surface area (Å²) in [6.45, 7) is 3.99. The summed E-state index contributed by atoms with van der Waals surface area (Å²) in [5.74, 6) is 1.23. The molecule has 2 N–H and O–H groups in total. The van der Waals surface area contributed by atoms with E-state index in [1.807, 2.05) is 44.2 Å². The van der Waals surface area contributed by atoms with Gasteiger partial charge in [0.05, 0.1) is 6.04 Å². The molecule has 0 aliphatic heterocycles. The number of aliphatic hydroxyl groups is 1. The van der Waals surface area contributed by atoms with Gasteiger partial charge < -0.3 is 14.9 Å². The van der Waals surface area contributed by atoms with E-state index in [-0.39, 0.29) is 30.9 Å². The number of carbonyl (C=O) groups is 1. The minimum absolute atomic E-state index is 0.0151. The Labute approximate surface area is 135 Å². The van der Waals surface area contributed by atoms with E-state index in [0.717, 1.165) is 5.56 Å². The molecule has 0 aliphatic rings. The van der Waals surface area contributed by atoms with Crippen LogP contribution in [0.5, 0.6) is 0 Å². The van der Waals surface area contributed by atoms with Crippen LogP contribution in [0, 0.1) is 0 Å². The van der Waals surface area contributed by atoms with Crippen LogP contribution in [0.25, 0.3) is 0 Å². The molecule has 0 saturated heterocycles. The molecule has 6 nitrogen and oxygen atoms in total. The maximum atomic E-state index is 12.1. The molecule has 1 aromatic heterocycles. The van der Waals surface area contributed by atoms with Crippen molar-refractivity contribution in [1.29, 1.82) is 0 Å². The summed E-state index contributed by atoms with van der Waals surface area (Å²) < 4.78 is 5.13. The standard InChI is InChI=1S/C17H23N3O3/c1-12(2)17-19-16(23-20-17)9-8-15(22)18-14(10-11-21)13-6-4-3-5-7-13/h3-7,12,14,21H,8-11H2,1-2H3,(H,18,22). The molecular weight excluding hydrogens is 294 g/mol. The van der Waals surface area contributed by atoms with Gasteiger partial charge in [-0.3, -0.25) is 4.79 Å². The highest BCUT2D eigenvalue weighted by molar-refractivity contribution is 5.76. The van der Waals surface area contributed by atoms with E-state index in [0.29, 0.717) is 24.6 Å². The quantitative estimate of drug-likeness (QED) is 0.780. The number of hydrogen-bond acceptors (Lipinski definition) is 5. The summed E-state index contributed by atoms with van der Waals surface area (Å²) >= 11 is 0. The lowest BCUT2D eigenvalue weighted by molar-refractivity contribution is -0.122. The van der Waals surface area contributed by atoms with Gasteiger partial charge in [-0.2, -0.15) is 4.98 Å². The Bertz CT molecular complexity index is 611. The number of hydrogen-bond donors (Lipinski definition) is 2. The lowest BCUT2D eigenvalue weighted by Gasteiger charge is -2.18. The smallest absolute Gasteiger partial charge is 0.227 e. The normalized spacial score (nSPS) is 12.3. The Morgan fingerprint density at radius 1 is 1.30 bits per heavy atom. The highest BCUT2D eigenvalue weighted by Crippen LogP contribution is 2.16. The second kappa shape index (κ2) is 8.43. The molecule has 1 heterocycles. The fraction of sp³-hybridized carbons (Fsp3) is 0.471. The van der Waals surface area contributed by atoms with Crippen molar-refractivity contribution >= 4 is 5.91 Å². The molecule has 0 fully saturated rings. The zero-order chi connectivity index (χ0) is 16.7. The molecule has 6 heteroatoms. The average molecular weight is 317 g/mol. The van der Waals surface area contributed by atoms with Crippen LogP contribution in [0.2, 0.25) is 0 Å². The van der Waals surface area contributed by atoms with E-state index >= 15 is 0 Å². The number of amides is 1. The van der Waals surface area contributed by atoms with Gasteiger partial charge in [0.2, 0.25) is 11.8 Å². The molecule has 2 aromatic rings. The van der Waals surface area contributed by atoms with Crippen molar-refractivity contribution in [3.05, 3.63) is 47.6 Å². The van der Waals surface area contributed by atoms with Gasteiger partial charge in [-0.15, -0.1) is 0 Å². The lowest BCUT2D eigenvalue weighted by Crippen LogP contribution is -2.29. The number of nitrogens with zero attached hydrogens (tertiary/aromatic N) is 2. The number of nitrogens with one attached hydrogen (secondary N) is 1. The number of aromatic nitrogens is 2. The van der Waals surface area contributed by atoms with E-state index < -0.39 is 0 Å². The first-order chi connectivity index (χ1) is 11.1. The van der Waals surface area contributed by atoms with Gasteiger partial charge in [0.15, 0.2) is 5.82 Å². The van der Waals surface area contributed by atoms with Crippen LogP contribution in [0.15, 0.2) is 34.9 Å². The number of aryl methyl sites for hydroxylation is 1. The van der Waals surface area contributed by atoms with E-state index in [9.17, 15) is 9.90 Å². The first kappa shape index (κ1) is 17.1. The van der Waals surface area contributed by atoms with Gasteiger partial charge >= 0.3 is 0 Å². The maximum absolute atomic E-state index is 12.1. The monoisotopic (exact) mass is 317 g/mol. The van der Waals surface area contributed by atoms with Crippen LogP contribution in [0.4, 0.5) is 0 Å². The number of aliphatic hydroxyl groups excluding tert-OH is 1. The third-order valence-corrected chi connectivity index (χ3v) is 3.52. The predicted molar refractivity (Wildman–Crippen MR) is 85.7 cm³/mol. The van der Waals surface area contributed by atoms with Crippen molar-refractivity contribution < 1.29 is 14.4 Å². The summed E-state index contributed by atoms with van der Waals surface area (Å²) in [6.07, 6.45) is 1.16. The molecule has 124 valence electrons. The first-order valence-electron chi connectivity index (χ1n) is 7.87. The summed E-state index contributed by atoms with van der Waals surface area (Å²) in [5.41, 5.74) is 0.981. The van der Waals surface area contributed by atoms with Crippen molar-refractivity contribution in [3.63, 3.8) is 0 Å². The third kappa shape index (κ3) is 5.17.